The number of nitrogens with one attached hydrogen (secondary N) is 2. The zero-order valence-corrected chi connectivity index (χ0v) is 14.8. The fourth-order valence-corrected chi connectivity index (χ4v) is 4.38. The van der Waals surface area contributed by atoms with E-state index in [4.69, 9.17) is 0 Å². The van der Waals surface area contributed by atoms with Crippen molar-refractivity contribution in [1.29, 1.82) is 0 Å². The average molecular weight is 368 g/mol. The summed E-state index contributed by atoms with van der Waals surface area (Å²) >= 11 is 0. The van der Waals surface area contributed by atoms with Gasteiger partial charge in [-0.25, -0.2) is 0 Å². The van der Waals surface area contributed by atoms with E-state index < -0.39 is 11.9 Å². The molecule has 0 unspecified atom stereocenters. The molecule has 1 aromatic carbocycles. The van der Waals surface area contributed by atoms with E-state index in [1.807, 2.05) is 11.0 Å². The topological polar surface area (TPSA) is 98.8 Å². The number of amides is 4. The van der Waals surface area contributed by atoms with E-state index in [0.717, 1.165) is 30.8 Å². The molecule has 8 heteroatoms. The van der Waals surface area contributed by atoms with E-state index in [9.17, 15) is 19.2 Å². The first-order chi connectivity index (χ1) is 13.0. The van der Waals surface area contributed by atoms with Crippen molar-refractivity contribution >= 4 is 23.6 Å². The van der Waals surface area contributed by atoms with Crippen molar-refractivity contribution in [2.24, 2.45) is 5.92 Å². The van der Waals surface area contributed by atoms with E-state index in [1.54, 1.807) is 6.07 Å². The normalized spacial score (nSPS) is 24.8. The maximum Gasteiger partial charge on any atom is 0.255 e. The number of hydrogen-bond donors (Lipinski definition) is 2. The van der Waals surface area contributed by atoms with Gasteiger partial charge in [0.2, 0.25) is 11.8 Å². The molecule has 4 amide bonds. The van der Waals surface area contributed by atoms with Crippen LogP contribution < -0.4 is 10.6 Å². The highest BCUT2D eigenvalue weighted by Crippen LogP contribution is 2.33. The summed E-state index contributed by atoms with van der Waals surface area (Å²) < 4.78 is 0. The smallest absolute Gasteiger partial charge is 0.255 e. The third-order valence-corrected chi connectivity index (χ3v) is 5.97. The van der Waals surface area contributed by atoms with Crippen molar-refractivity contribution in [2.75, 3.05) is 19.6 Å². The quantitative estimate of drug-likeness (QED) is 0.709. The number of nitrogens with zero attached hydrogens (tertiary/aromatic N) is 2. The Kier molecular flexibility index (Phi) is 3.58. The zero-order valence-electron chi connectivity index (χ0n) is 14.8. The lowest BCUT2D eigenvalue weighted by atomic mass is 10.0. The molecule has 4 heterocycles. The van der Waals surface area contributed by atoms with Crippen LogP contribution in [0.3, 0.4) is 0 Å². The van der Waals surface area contributed by atoms with Crippen LogP contribution in [0.1, 0.15) is 44.7 Å². The van der Waals surface area contributed by atoms with E-state index >= 15 is 0 Å². The summed E-state index contributed by atoms with van der Waals surface area (Å²) in [5, 5.41) is 5.52. The molecular formula is C19H20N4O4. The van der Waals surface area contributed by atoms with Crippen molar-refractivity contribution in [3.63, 3.8) is 0 Å². The predicted octanol–water partition coefficient (Wildman–Crippen LogP) is -0.377. The average Bonchev–Trinajstić information content (AvgIpc) is 3.07. The molecule has 0 aliphatic carbocycles. The highest BCUT2D eigenvalue weighted by Gasteiger charge is 2.41. The van der Waals surface area contributed by atoms with Crippen LogP contribution in [0.4, 0.5) is 0 Å². The second-order valence-corrected chi connectivity index (χ2v) is 7.78. The Balaban J connectivity index is 1.38. The molecule has 2 fully saturated rings. The summed E-state index contributed by atoms with van der Waals surface area (Å²) in [6, 6.07) is 3.00. The zero-order chi connectivity index (χ0) is 18.7. The van der Waals surface area contributed by atoms with E-state index in [0.29, 0.717) is 36.6 Å². The van der Waals surface area contributed by atoms with Crippen molar-refractivity contribution in [3.05, 3.63) is 34.4 Å². The summed E-state index contributed by atoms with van der Waals surface area (Å²) in [5.74, 6) is -0.480. The molecular weight excluding hydrogens is 348 g/mol. The first-order valence-corrected chi connectivity index (χ1v) is 9.31. The molecule has 1 aromatic rings. The number of carbonyl (C=O) groups excluding carboxylic acids is 4. The SMILES string of the molecule is O=C1CC[C@@H](N2Cc3cc4c(cc3C2=O)C(=O)N(CC2CNC2)C4)C(=O)N1. The Labute approximate surface area is 155 Å². The molecule has 2 N–H and O–H groups in total. The van der Waals surface area contributed by atoms with Crippen LogP contribution in [0, 0.1) is 5.92 Å². The van der Waals surface area contributed by atoms with Gasteiger partial charge in [-0.05, 0) is 23.6 Å². The third-order valence-electron chi connectivity index (χ3n) is 5.97. The lowest BCUT2D eigenvalue weighted by Crippen LogP contribution is -2.52. The molecule has 5 rings (SSSR count). The maximum atomic E-state index is 12.9. The van der Waals surface area contributed by atoms with Crippen molar-refractivity contribution in [2.45, 2.75) is 32.0 Å². The first-order valence-electron chi connectivity index (χ1n) is 9.31. The van der Waals surface area contributed by atoms with E-state index in [2.05, 4.69) is 10.6 Å². The van der Waals surface area contributed by atoms with E-state index in [-0.39, 0.29) is 24.1 Å². The van der Waals surface area contributed by atoms with Crippen LogP contribution in [0.15, 0.2) is 12.1 Å². The summed E-state index contributed by atoms with van der Waals surface area (Å²) in [7, 11) is 0. The minimum atomic E-state index is -0.629. The number of benzene rings is 1. The molecule has 0 aromatic heterocycles. The van der Waals surface area contributed by atoms with Gasteiger partial charge in [0.05, 0.1) is 0 Å². The second kappa shape index (κ2) is 5.88. The number of rotatable bonds is 3. The van der Waals surface area contributed by atoms with Gasteiger partial charge in [0.1, 0.15) is 6.04 Å². The molecule has 2 saturated heterocycles. The molecule has 4 aliphatic rings. The van der Waals surface area contributed by atoms with Gasteiger partial charge < -0.3 is 15.1 Å². The Morgan fingerprint density at radius 2 is 1.70 bits per heavy atom. The first kappa shape index (κ1) is 16.4. The van der Waals surface area contributed by atoms with Gasteiger partial charge in [-0.1, -0.05) is 6.07 Å². The Hall–Kier alpha value is -2.74. The van der Waals surface area contributed by atoms with Crippen molar-refractivity contribution < 1.29 is 19.2 Å². The minimum Gasteiger partial charge on any atom is -0.334 e. The standard InChI is InChI=1S/C19H20N4O4/c24-16-2-1-15(17(25)21-16)23-9-12-3-11-8-22(7-10-5-20-6-10)18(26)13(11)4-14(12)19(23)27/h3-4,10,15,20H,1-2,5-9H2,(H,21,24,25)/t15-/m1/s1. The summed E-state index contributed by atoms with van der Waals surface area (Å²) in [4.78, 5) is 52.5. The fourth-order valence-electron chi connectivity index (χ4n) is 4.38. The number of hydrogen-bond acceptors (Lipinski definition) is 5. The fraction of sp³-hybridized carbons (Fsp3) is 0.474. The molecule has 1 atom stereocenters. The number of imide groups is 1. The number of fused-ring (bicyclic) bond motifs is 2. The lowest BCUT2D eigenvalue weighted by molar-refractivity contribution is -0.136. The maximum absolute atomic E-state index is 12.9. The van der Waals surface area contributed by atoms with Gasteiger partial charge in [-0.15, -0.1) is 0 Å². The lowest BCUT2D eigenvalue weighted by Gasteiger charge is -2.31. The van der Waals surface area contributed by atoms with Crippen LogP contribution >= 0.6 is 0 Å². The molecule has 27 heavy (non-hydrogen) atoms. The summed E-state index contributed by atoms with van der Waals surface area (Å²) in [6.07, 6.45) is 0.572. The largest absolute Gasteiger partial charge is 0.334 e. The Morgan fingerprint density at radius 1 is 0.963 bits per heavy atom. The van der Waals surface area contributed by atoms with Crippen LogP contribution in [0.2, 0.25) is 0 Å². The highest BCUT2D eigenvalue weighted by molar-refractivity contribution is 6.07. The van der Waals surface area contributed by atoms with Gasteiger partial charge in [-0.3, -0.25) is 24.5 Å². The van der Waals surface area contributed by atoms with Crippen LogP contribution in [-0.4, -0.2) is 59.1 Å². The minimum absolute atomic E-state index is 0.0213. The van der Waals surface area contributed by atoms with Gasteiger partial charge in [0.25, 0.3) is 11.8 Å². The van der Waals surface area contributed by atoms with Crippen LogP contribution in [0.25, 0.3) is 0 Å². The molecule has 0 saturated carbocycles. The number of carbonyl (C=O) groups is 4. The van der Waals surface area contributed by atoms with Gasteiger partial charge >= 0.3 is 0 Å². The van der Waals surface area contributed by atoms with Crippen LogP contribution in [0.5, 0.6) is 0 Å². The molecule has 140 valence electrons. The highest BCUT2D eigenvalue weighted by atomic mass is 16.2. The molecule has 8 nitrogen and oxygen atoms in total. The van der Waals surface area contributed by atoms with Gasteiger partial charge in [0, 0.05) is 56.2 Å². The monoisotopic (exact) mass is 368 g/mol. The molecule has 0 radical (unpaired) electrons. The van der Waals surface area contributed by atoms with Crippen molar-refractivity contribution in [1.82, 2.24) is 20.4 Å². The Morgan fingerprint density at radius 3 is 2.41 bits per heavy atom. The summed E-state index contributed by atoms with van der Waals surface area (Å²) in [5.41, 5.74) is 2.89. The van der Waals surface area contributed by atoms with Crippen LogP contribution in [-0.2, 0) is 22.7 Å². The Bertz CT molecular complexity index is 892. The van der Waals surface area contributed by atoms with Crippen molar-refractivity contribution in [3.8, 4) is 0 Å². The van der Waals surface area contributed by atoms with Gasteiger partial charge in [-0.2, -0.15) is 0 Å². The molecule has 0 spiro atoms. The van der Waals surface area contributed by atoms with Gasteiger partial charge in [0.15, 0.2) is 0 Å². The molecule has 0 bridgehead atoms. The second-order valence-electron chi connectivity index (χ2n) is 7.78. The number of piperidine rings is 1. The molecule has 4 aliphatic heterocycles. The third kappa shape index (κ3) is 2.55. The summed E-state index contributed by atoms with van der Waals surface area (Å²) in [6.45, 7) is 3.53. The predicted molar refractivity (Wildman–Crippen MR) is 93.6 cm³/mol. The van der Waals surface area contributed by atoms with E-state index in [1.165, 1.54) is 4.90 Å².